The molecule has 0 aliphatic heterocycles. The predicted molar refractivity (Wildman–Crippen MR) is 118 cm³/mol. The van der Waals surface area contributed by atoms with Crippen molar-refractivity contribution < 1.29 is 4.79 Å². The molecule has 1 N–H and O–H groups in total. The zero-order valence-electron chi connectivity index (χ0n) is 14.5. The molecule has 0 unspecified atom stereocenters. The van der Waals surface area contributed by atoms with Crippen LogP contribution in [0.3, 0.4) is 0 Å². The van der Waals surface area contributed by atoms with E-state index in [0.29, 0.717) is 10.6 Å². The molecule has 1 aromatic heterocycles. The van der Waals surface area contributed by atoms with E-state index in [9.17, 15) is 4.79 Å². The summed E-state index contributed by atoms with van der Waals surface area (Å²) in [6.07, 6.45) is 0. The minimum atomic E-state index is -0.214. The van der Waals surface area contributed by atoms with Crippen molar-refractivity contribution in [2.75, 3.05) is 5.32 Å². The fourth-order valence-corrected chi connectivity index (χ4v) is 4.36. The van der Waals surface area contributed by atoms with Crippen LogP contribution in [0.15, 0.2) is 93.1 Å². The van der Waals surface area contributed by atoms with E-state index in [0.717, 1.165) is 37.0 Å². The van der Waals surface area contributed by atoms with Gasteiger partial charge in [-0.25, -0.2) is 0 Å². The number of hydrogen-bond acceptors (Lipinski definition) is 5. The van der Waals surface area contributed by atoms with Crippen LogP contribution >= 0.6 is 39.2 Å². The van der Waals surface area contributed by atoms with Gasteiger partial charge in [-0.3, -0.25) is 4.79 Å². The average molecular weight is 468 g/mol. The fourth-order valence-electron chi connectivity index (χ4n) is 2.59. The Balaban J connectivity index is 1.59. The number of carbonyl (C=O) groups is 1. The van der Waals surface area contributed by atoms with Crippen molar-refractivity contribution in [3.63, 3.8) is 0 Å². The maximum absolute atomic E-state index is 12.9. The Kier molecular flexibility index (Phi) is 5.85. The molecule has 0 radical (unpaired) electrons. The number of nitrogens with zero attached hydrogens (tertiary/aromatic N) is 2. The molecule has 0 fully saturated rings. The van der Waals surface area contributed by atoms with Crippen molar-refractivity contribution in [1.82, 2.24) is 9.59 Å². The van der Waals surface area contributed by atoms with Crippen molar-refractivity contribution in [2.24, 2.45) is 0 Å². The van der Waals surface area contributed by atoms with E-state index in [1.807, 2.05) is 78.9 Å². The lowest BCUT2D eigenvalue weighted by Crippen LogP contribution is -2.12. The molecule has 0 aliphatic rings. The third-order valence-electron chi connectivity index (χ3n) is 3.92. The Labute approximate surface area is 179 Å². The molecule has 0 aliphatic carbocycles. The van der Waals surface area contributed by atoms with E-state index in [1.165, 1.54) is 0 Å². The number of aromatic nitrogens is 2. The second-order valence-corrected chi connectivity index (χ2v) is 8.61. The molecule has 1 heterocycles. The van der Waals surface area contributed by atoms with Gasteiger partial charge in [-0.15, -0.1) is 5.10 Å². The van der Waals surface area contributed by atoms with Crippen molar-refractivity contribution in [3.05, 3.63) is 88.2 Å². The van der Waals surface area contributed by atoms with Gasteiger partial charge in [-0.1, -0.05) is 74.6 Å². The lowest BCUT2D eigenvalue weighted by atomic mass is 10.1. The molecule has 0 bridgehead atoms. The summed E-state index contributed by atoms with van der Waals surface area (Å²) in [6.45, 7) is 0. The molecule has 4 nitrogen and oxygen atoms in total. The highest BCUT2D eigenvalue weighted by Gasteiger charge is 2.19. The number of hydrogen-bond donors (Lipinski definition) is 1. The predicted octanol–water partition coefficient (Wildman–Crippen LogP) is 6.37. The molecule has 0 spiro atoms. The van der Waals surface area contributed by atoms with Crippen LogP contribution < -0.4 is 5.32 Å². The number of benzene rings is 3. The fraction of sp³-hybridized carbons (Fsp3) is 0. The SMILES string of the molecule is O=C(Nc1ccccc1Sc1ccccc1)c1snnc1-c1ccc(Br)cc1. The van der Waals surface area contributed by atoms with Crippen LogP contribution in [-0.4, -0.2) is 15.5 Å². The Morgan fingerprint density at radius 3 is 2.43 bits per heavy atom. The van der Waals surface area contributed by atoms with Gasteiger partial charge in [0.2, 0.25) is 0 Å². The third-order valence-corrected chi connectivity index (χ3v) is 6.26. The van der Waals surface area contributed by atoms with Gasteiger partial charge in [0, 0.05) is 19.8 Å². The minimum Gasteiger partial charge on any atom is -0.320 e. The number of nitrogens with one attached hydrogen (secondary N) is 1. The Morgan fingerprint density at radius 2 is 1.64 bits per heavy atom. The molecule has 3 aromatic carbocycles. The first kappa shape index (κ1) is 18.9. The van der Waals surface area contributed by atoms with Crippen LogP contribution in [0.25, 0.3) is 11.3 Å². The zero-order valence-corrected chi connectivity index (χ0v) is 17.7. The van der Waals surface area contributed by atoms with Gasteiger partial charge in [0.05, 0.1) is 5.69 Å². The maximum Gasteiger partial charge on any atom is 0.269 e. The largest absolute Gasteiger partial charge is 0.320 e. The summed E-state index contributed by atoms with van der Waals surface area (Å²) in [5, 5.41) is 7.17. The highest BCUT2D eigenvalue weighted by atomic mass is 79.9. The minimum absolute atomic E-state index is 0.214. The van der Waals surface area contributed by atoms with Gasteiger partial charge in [-0.2, -0.15) is 0 Å². The topological polar surface area (TPSA) is 54.9 Å². The van der Waals surface area contributed by atoms with E-state index in [2.05, 4.69) is 30.8 Å². The van der Waals surface area contributed by atoms with E-state index in [1.54, 1.807) is 11.8 Å². The normalized spacial score (nSPS) is 10.6. The molecule has 28 heavy (non-hydrogen) atoms. The van der Waals surface area contributed by atoms with Gasteiger partial charge in [0.1, 0.15) is 10.6 Å². The zero-order chi connectivity index (χ0) is 19.3. The smallest absolute Gasteiger partial charge is 0.269 e. The van der Waals surface area contributed by atoms with Gasteiger partial charge >= 0.3 is 0 Å². The monoisotopic (exact) mass is 467 g/mol. The Bertz CT molecular complexity index is 1100. The Hall–Kier alpha value is -2.48. The molecular weight excluding hydrogens is 454 g/mol. The van der Waals surface area contributed by atoms with Crippen molar-refractivity contribution >= 4 is 50.8 Å². The number of carbonyl (C=O) groups excluding carboxylic acids is 1. The lowest BCUT2D eigenvalue weighted by Gasteiger charge is -2.10. The summed E-state index contributed by atoms with van der Waals surface area (Å²) in [5.41, 5.74) is 2.20. The molecule has 7 heteroatoms. The lowest BCUT2D eigenvalue weighted by molar-refractivity contribution is 0.103. The number of para-hydroxylation sites is 1. The molecule has 0 saturated carbocycles. The van der Waals surface area contributed by atoms with Gasteiger partial charge < -0.3 is 5.32 Å². The molecule has 0 atom stereocenters. The van der Waals surface area contributed by atoms with E-state index < -0.39 is 0 Å². The van der Waals surface area contributed by atoms with Crippen LogP contribution in [0.4, 0.5) is 5.69 Å². The first-order valence-electron chi connectivity index (χ1n) is 8.42. The van der Waals surface area contributed by atoms with E-state index in [4.69, 9.17) is 0 Å². The van der Waals surface area contributed by atoms with Crippen molar-refractivity contribution in [2.45, 2.75) is 9.79 Å². The third kappa shape index (κ3) is 4.32. The van der Waals surface area contributed by atoms with E-state index in [-0.39, 0.29) is 5.91 Å². The first-order valence-corrected chi connectivity index (χ1v) is 10.8. The molecule has 4 rings (SSSR count). The summed E-state index contributed by atoms with van der Waals surface area (Å²) in [4.78, 5) is 15.5. The molecule has 1 amide bonds. The van der Waals surface area contributed by atoms with Crippen molar-refractivity contribution in [3.8, 4) is 11.3 Å². The number of anilines is 1. The second-order valence-electron chi connectivity index (χ2n) is 5.82. The van der Waals surface area contributed by atoms with Crippen LogP contribution in [0, 0.1) is 0 Å². The quantitative estimate of drug-likeness (QED) is 0.370. The van der Waals surface area contributed by atoms with Crippen LogP contribution in [0.2, 0.25) is 0 Å². The summed E-state index contributed by atoms with van der Waals surface area (Å²) in [7, 11) is 0. The summed E-state index contributed by atoms with van der Waals surface area (Å²) >= 11 is 6.12. The molecule has 4 aromatic rings. The van der Waals surface area contributed by atoms with Crippen LogP contribution in [0.1, 0.15) is 9.67 Å². The van der Waals surface area contributed by atoms with Crippen LogP contribution in [-0.2, 0) is 0 Å². The van der Waals surface area contributed by atoms with Gasteiger partial charge in [0.15, 0.2) is 0 Å². The van der Waals surface area contributed by atoms with Gasteiger partial charge in [0.25, 0.3) is 5.91 Å². The highest BCUT2D eigenvalue weighted by molar-refractivity contribution is 9.10. The number of halogens is 1. The summed E-state index contributed by atoms with van der Waals surface area (Å²) in [6, 6.07) is 25.5. The highest BCUT2D eigenvalue weighted by Crippen LogP contribution is 2.34. The number of rotatable bonds is 5. The maximum atomic E-state index is 12.9. The first-order chi connectivity index (χ1) is 13.7. The molecule has 138 valence electrons. The summed E-state index contributed by atoms with van der Waals surface area (Å²) in [5.74, 6) is -0.214. The molecular formula is C21H14BrN3OS2. The van der Waals surface area contributed by atoms with E-state index >= 15 is 0 Å². The van der Waals surface area contributed by atoms with Gasteiger partial charge in [-0.05, 0) is 47.9 Å². The Morgan fingerprint density at radius 1 is 0.929 bits per heavy atom. The second kappa shape index (κ2) is 8.68. The summed E-state index contributed by atoms with van der Waals surface area (Å²) < 4.78 is 4.96. The van der Waals surface area contributed by atoms with Crippen molar-refractivity contribution in [1.29, 1.82) is 0 Å². The standard InChI is InChI=1S/C21H14BrN3OS2/c22-15-12-10-14(11-13-15)19-20(28-25-24-19)21(26)23-17-8-4-5-9-18(17)27-16-6-2-1-3-7-16/h1-13H,(H,23,26). The van der Waals surface area contributed by atoms with Crippen LogP contribution in [0.5, 0.6) is 0 Å². The molecule has 0 saturated heterocycles. The number of amides is 1. The average Bonchev–Trinajstić information content (AvgIpc) is 3.21.